The third-order valence-corrected chi connectivity index (χ3v) is 3.21. The van der Waals surface area contributed by atoms with Crippen LogP contribution in [0.3, 0.4) is 0 Å². The molecular weight excluding hydrogens is 190 g/mol. The maximum atomic E-state index is 5.73. The third-order valence-electron chi connectivity index (χ3n) is 3.21. The normalized spacial score (nSPS) is 26.3. The second-order valence-corrected chi connectivity index (χ2v) is 4.33. The predicted molar refractivity (Wildman–Crippen MR) is 56.5 cm³/mol. The van der Waals surface area contributed by atoms with Crippen molar-refractivity contribution in [2.75, 3.05) is 13.2 Å². The lowest BCUT2D eigenvalue weighted by Crippen LogP contribution is -2.23. The summed E-state index contributed by atoms with van der Waals surface area (Å²) in [6, 6.07) is 0. The van der Waals surface area contributed by atoms with Crippen molar-refractivity contribution in [1.82, 2.24) is 15.3 Å². The minimum atomic E-state index is 0.212. The van der Waals surface area contributed by atoms with Crippen molar-refractivity contribution >= 4 is 0 Å². The number of aromatic amines is 1. The Bertz CT molecular complexity index is 318. The predicted octanol–water partition coefficient (Wildman–Crippen LogP) is 1.30. The van der Waals surface area contributed by atoms with Gasteiger partial charge in [-0.1, -0.05) is 0 Å². The molecule has 1 aromatic heterocycles. The number of fused-ring (bicyclic) bond motifs is 1. The van der Waals surface area contributed by atoms with Gasteiger partial charge in [0.2, 0.25) is 0 Å². The molecule has 2 aliphatic heterocycles. The molecule has 82 valence electrons. The number of H-pyrrole nitrogens is 1. The number of imidazole rings is 1. The van der Waals surface area contributed by atoms with Crippen LogP contribution in [0, 0.1) is 0 Å². The Morgan fingerprint density at radius 3 is 3.13 bits per heavy atom. The van der Waals surface area contributed by atoms with Gasteiger partial charge in [-0.15, -0.1) is 0 Å². The fourth-order valence-electron chi connectivity index (χ4n) is 2.35. The van der Waals surface area contributed by atoms with Gasteiger partial charge in [0.15, 0.2) is 0 Å². The highest BCUT2D eigenvalue weighted by molar-refractivity contribution is 5.18. The largest absolute Gasteiger partial charge is 0.370 e. The molecule has 3 heterocycles. The molecule has 1 saturated heterocycles. The molecule has 0 saturated carbocycles. The summed E-state index contributed by atoms with van der Waals surface area (Å²) < 4.78 is 5.73. The molecule has 2 aliphatic rings. The highest BCUT2D eigenvalue weighted by atomic mass is 16.5. The fraction of sp³-hybridized carbons (Fsp3) is 0.727. The number of nitrogens with one attached hydrogen (secondary N) is 2. The van der Waals surface area contributed by atoms with Crippen LogP contribution in [0.1, 0.15) is 42.6 Å². The van der Waals surface area contributed by atoms with Crippen molar-refractivity contribution in [3.63, 3.8) is 0 Å². The number of rotatable bonds is 1. The molecular formula is C11H17N3O. The maximum Gasteiger partial charge on any atom is 0.135 e. The maximum absolute atomic E-state index is 5.73. The quantitative estimate of drug-likeness (QED) is 0.729. The van der Waals surface area contributed by atoms with Crippen molar-refractivity contribution in [2.24, 2.45) is 0 Å². The molecule has 1 fully saturated rings. The minimum Gasteiger partial charge on any atom is -0.370 e. The zero-order valence-electron chi connectivity index (χ0n) is 8.88. The molecule has 2 N–H and O–H groups in total. The van der Waals surface area contributed by atoms with Gasteiger partial charge in [0.05, 0.1) is 11.4 Å². The summed E-state index contributed by atoms with van der Waals surface area (Å²) in [4.78, 5) is 8.06. The Balaban J connectivity index is 1.82. The van der Waals surface area contributed by atoms with E-state index in [9.17, 15) is 0 Å². The first-order valence-electron chi connectivity index (χ1n) is 5.83. The molecule has 1 unspecified atom stereocenters. The average Bonchev–Trinajstić information content (AvgIpc) is 2.74. The van der Waals surface area contributed by atoms with Crippen LogP contribution in [0.5, 0.6) is 0 Å². The van der Waals surface area contributed by atoms with Gasteiger partial charge in [-0.25, -0.2) is 4.98 Å². The zero-order chi connectivity index (χ0) is 10.1. The standard InChI is InChI=1S/C11H17N3O/c1-2-6-15-10(3-1)11-13-8-4-5-12-7-9(8)14-11/h10,12H,1-7H2,(H,13,14). The van der Waals surface area contributed by atoms with Crippen molar-refractivity contribution in [2.45, 2.75) is 38.3 Å². The van der Waals surface area contributed by atoms with E-state index in [1.165, 1.54) is 24.2 Å². The van der Waals surface area contributed by atoms with E-state index in [1.54, 1.807) is 0 Å². The monoisotopic (exact) mass is 207 g/mol. The topological polar surface area (TPSA) is 49.9 Å². The van der Waals surface area contributed by atoms with Crippen molar-refractivity contribution in [3.8, 4) is 0 Å². The van der Waals surface area contributed by atoms with E-state index in [-0.39, 0.29) is 6.10 Å². The lowest BCUT2D eigenvalue weighted by Gasteiger charge is -2.20. The van der Waals surface area contributed by atoms with Crippen molar-refractivity contribution in [3.05, 3.63) is 17.2 Å². The molecule has 0 aliphatic carbocycles. The highest BCUT2D eigenvalue weighted by Crippen LogP contribution is 2.27. The first-order valence-corrected chi connectivity index (χ1v) is 5.83. The molecule has 0 spiro atoms. The molecule has 0 aromatic carbocycles. The van der Waals surface area contributed by atoms with Gasteiger partial charge in [0, 0.05) is 26.1 Å². The number of aromatic nitrogens is 2. The summed E-state index contributed by atoms with van der Waals surface area (Å²) in [6.45, 7) is 2.85. The minimum absolute atomic E-state index is 0.212. The summed E-state index contributed by atoms with van der Waals surface area (Å²) in [5.41, 5.74) is 2.49. The zero-order valence-corrected chi connectivity index (χ0v) is 8.88. The Morgan fingerprint density at radius 2 is 2.33 bits per heavy atom. The van der Waals surface area contributed by atoms with Gasteiger partial charge in [0.1, 0.15) is 11.9 Å². The van der Waals surface area contributed by atoms with Gasteiger partial charge < -0.3 is 15.0 Å². The average molecular weight is 207 g/mol. The van der Waals surface area contributed by atoms with Gasteiger partial charge in [-0.05, 0) is 19.3 Å². The van der Waals surface area contributed by atoms with E-state index in [4.69, 9.17) is 4.74 Å². The Hall–Kier alpha value is -0.870. The third kappa shape index (κ3) is 1.79. The van der Waals surface area contributed by atoms with E-state index < -0.39 is 0 Å². The van der Waals surface area contributed by atoms with Crippen LogP contribution in [0.2, 0.25) is 0 Å². The van der Waals surface area contributed by atoms with Gasteiger partial charge in [-0.3, -0.25) is 0 Å². The smallest absolute Gasteiger partial charge is 0.135 e. The Labute approximate surface area is 89.4 Å². The van der Waals surface area contributed by atoms with Crippen LogP contribution in [-0.2, 0) is 17.7 Å². The lowest BCUT2D eigenvalue weighted by atomic mass is 10.1. The number of nitrogens with zero attached hydrogens (tertiary/aromatic N) is 1. The molecule has 15 heavy (non-hydrogen) atoms. The molecule has 4 nitrogen and oxygen atoms in total. The molecule has 1 aromatic rings. The van der Waals surface area contributed by atoms with Crippen LogP contribution < -0.4 is 5.32 Å². The SMILES string of the molecule is C1CCC(c2nc3c([nH]2)CNCC3)OC1. The second kappa shape index (κ2) is 3.94. The first-order chi connectivity index (χ1) is 7.43. The van der Waals surface area contributed by atoms with Crippen molar-refractivity contribution in [1.29, 1.82) is 0 Å². The summed E-state index contributed by atoms with van der Waals surface area (Å²) >= 11 is 0. The highest BCUT2D eigenvalue weighted by Gasteiger charge is 2.22. The summed E-state index contributed by atoms with van der Waals surface area (Å²) in [5, 5.41) is 3.35. The van der Waals surface area contributed by atoms with E-state index in [0.29, 0.717) is 0 Å². The second-order valence-electron chi connectivity index (χ2n) is 4.33. The molecule has 4 heteroatoms. The number of hydrogen-bond acceptors (Lipinski definition) is 3. The molecule has 0 amide bonds. The summed E-state index contributed by atoms with van der Waals surface area (Å²) in [5.74, 6) is 1.04. The number of hydrogen-bond donors (Lipinski definition) is 2. The van der Waals surface area contributed by atoms with Crippen LogP contribution in [0.25, 0.3) is 0 Å². The van der Waals surface area contributed by atoms with E-state index in [1.807, 2.05) is 0 Å². The number of ether oxygens (including phenoxy) is 1. The van der Waals surface area contributed by atoms with Crippen LogP contribution >= 0.6 is 0 Å². The fourth-order valence-corrected chi connectivity index (χ4v) is 2.35. The molecule has 1 atom stereocenters. The summed E-state index contributed by atoms with van der Waals surface area (Å²) in [7, 11) is 0. The Morgan fingerprint density at radius 1 is 1.33 bits per heavy atom. The molecule has 3 rings (SSSR count). The van der Waals surface area contributed by atoms with Crippen molar-refractivity contribution < 1.29 is 4.74 Å². The lowest BCUT2D eigenvalue weighted by molar-refractivity contribution is 0.00985. The van der Waals surface area contributed by atoms with Crippen LogP contribution in [0.15, 0.2) is 0 Å². The molecule has 0 bridgehead atoms. The van der Waals surface area contributed by atoms with Gasteiger partial charge in [-0.2, -0.15) is 0 Å². The van der Waals surface area contributed by atoms with Gasteiger partial charge in [0.25, 0.3) is 0 Å². The first kappa shape index (κ1) is 9.36. The van der Waals surface area contributed by atoms with Crippen LogP contribution in [0.4, 0.5) is 0 Å². The molecule has 0 radical (unpaired) electrons. The van der Waals surface area contributed by atoms with Gasteiger partial charge >= 0.3 is 0 Å². The summed E-state index contributed by atoms with van der Waals surface area (Å²) in [6.07, 6.45) is 4.81. The Kier molecular flexibility index (Phi) is 2.46. The van der Waals surface area contributed by atoms with E-state index >= 15 is 0 Å². The van der Waals surface area contributed by atoms with E-state index in [2.05, 4.69) is 15.3 Å². The van der Waals surface area contributed by atoms with E-state index in [0.717, 1.165) is 38.4 Å². The van der Waals surface area contributed by atoms with Crippen LogP contribution in [-0.4, -0.2) is 23.1 Å².